The molecular weight excluding hydrogens is 264 g/mol. The van der Waals surface area contributed by atoms with Crippen LogP contribution in [0.25, 0.3) is 0 Å². The fraction of sp³-hybridized carbons (Fsp3) is 0.529. The molecule has 1 saturated carbocycles. The van der Waals surface area contributed by atoms with Crippen LogP contribution in [0.4, 0.5) is 0 Å². The van der Waals surface area contributed by atoms with E-state index in [0.717, 1.165) is 12.1 Å². The number of hydrogen-bond donors (Lipinski definition) is 2. The molecule has 1 aromatic rings. The summed E-state index contributed by atoms with van der Waals surface area (Å²) in [4.78, 5) is 16.2. The van der Waals surface area contributed by atoms with E-state index in [2.05, 4.69) is 29.1 Å². The Morgan fingerprint density at radius 2 is 2.33 bits per heavy atom. The quantitative estimate of drug-likeness (QED) is 0.832. The molecule has 4 nitrogen and oxygen atoms in total. The highest BCUT2D eigenvalue weighted by Gasteiger charge is 2.23. The van der Waals surface area contributed by atoms with Crippen molar-refractivity contribution in [3.05, 3.63) is 29.6 Å². The van der Waals surface area contributed by atoms with Gasteiger partial charge in [0.2, 0.25) is 0 Å². The number of aliphatic hydroxyl groups is 1. The van der Waals surface area contributed by atoms with Gasteiger partial charge in [-0.2, -0.15) is 0 Å². The second kappa shape index (κ2) is 7.80. The summed E-state index contributed by atoms with van der Waals surface area (Å²) in [6.07, 6.45) is 5.77. The van der Waals surface area contributed by atoms with E-state index < -0.39 is 0 Å². The SMILES string of the molecule is CC1CCCC1CNC(=O)c1ccc(C#CCCO)cn1. The Labute approximate surface area is 126 Å². The largest absolute Gasteiger partial charge is 0.395 e. The number of pyridine rings is 1. The van der Waals surface area contributed by atoms with Crippen molar-refractivity contribution in [2.75, 3.05) is 13.2 Å². The van der Waals surface area contributed by atoms with Gasteiger partial charge in [0.05, 0.1) is 6.61 Å². The summed E-state index contributed by atoms with van der Waals surface area (Å²) in [7, 11) is 0. The normalized spacial score (nSPS) is 20.7. The Bertz CT molecular complexity index is 528. The molecule has 0 aliphatic heterocycles. The van der Waals surface area contributed by atoms with Crippen molar-refractivity contribution in [1.82, 2.24) is 10.3 Å². The van der Waals surface area contributed by atoms with Crippen LogP contribution >= 0.6 is 0 Å². The molecule has 1 fully saturated rings. The summed E-state index contributed by atoms with van der Waals surface area (Å²) in [6, 6.07) is 3.47. The number of hydrogen-bond acceptors (Lipinski definition) is 3. The molecule has 2 atom stereocenters. The van der Waals surface area contributed by atoms with Gasteiger partial charge in [-0.15, -0.1) is 0 Å². The van der Waals surface area contributed by atoms with Crippen molar-refractivity contribution in [2.24, 2.45) is 11.8 Å². The highest BCUT2D eigenvalue weighted by Crippen LogP contribution is 2.30. The Hall–Kier alpha value is -1.86. The van der Waals surface area contributed by atoms with Gasteiger partial charge < -0.3 is 10.4 Å². The minimum absolute atomic E-state index is 0.0561. The molecule has 1 amide bonds. The molecular formula is C17H22N2O2. The fourth-order valence-electron chi connectivity index (χ4n) is 2.66. The number of aliphatic hydroxyl groups excluding tert-OH is 1. The average molecular weight is 286 g/mol. The molecule has 1 aliphatic rings. The number of nitrogens with one attached hydrogen (secondary N) is 1. The zero-order valence-electron chi connectivity index (χ0n) is 12.4. The van der Waals surface area contributed by atoms with Gasteiger partial charge in [-0.25, -0.2) is 4.98 Å². The molecule has 0 spiro atoms. The van der Waals surface area contributed by atoms with Crippen LogP contribution in [0.1, 0.15) is 48.7 Å². The third-order valence-corrected chi connectivity index (χ3v) is 4.03. The van der Waals surface area contributed by atoms with Crippen LogP contribution < -0.4 is 5.32 Å². The molecule has 4 heteroatoms. The predicted molar refractivity (Wildman–Crippen MR) is 81.7 cm³/mol. The van der Waals surface area contributed by atoms with Crippen molar-refractivity contribution >= 4 is 5.91 Å². The maximum Gasteiger partial charge on any atom is 0.269 e. The first-order valence-corrected chi connectivity index (χ1v) is 7.54. The summed E-state index contributed by atoms with van der Waals surface area (Å²) < 4.78 is 0. The summed E-state index contributed by atoms with van der Waals surface area (Å²) in [5, 5.41) is 11.6. The first-order chi connectivity index (χ1) is 10.2. The summed E-state index contributed by atoms with van der Waals surface area (Å²) in [6.45, 7) is 3.04. The van der Waals surface area contributed by atoms with E-state index >= 15 is 0 Å². The van der Waals surface area contributed by atoms with E-state index in [9.17, 15) is 4.79 Å². The first-order valence-electron chi connectivity index (χ1n) is 7.54. The Kier molecular flexibility index (Phi) is 5.77. The van der Waals surface area contributed by atoms with Crippen LogP contribution in [0, 0.1) is 23.7 Å². The third-order valence-electron chi connectivity index (χ3n) is 4.03. The van der Waals surface area contributed by atoms with Gasteiger partial charge in [-0.1, -0.05) is 31.6 Å². The molecule has 0 bridgehead atoms. The predicted octanol–water partition coefficient (Wildman–Crippen LogP) is 1.98. The van der Waals surface area contributed by atoms with E-state index in [4.69, 9.17) is 5.11 Å². The van der Waals surface area contributed by atoms with Gasteiger partial charge in [0.1, 0.15) is 5.69 Å². The van der Waals surface area contributed by atoms with Gasteiger partial charge >= 0.3 is 0 Å². The van der Waals surface area contributed by atoms with Crippen LogP contribution in [-0.2, 0) is 0 Å². The van der Waals surface area contributed by atoms with Gasteiger partial charge in [0.25, 0.3) is 5.91 Å². The lowest BCUT2D eigenvalue weighted by Crippen LogP contribution is -2.30. The highest BCUT2D eigenvalue weighted by atomic mass is 16.2. The van der Waals surface area contributed by atoms with Gasteiger partial charge in [0.15, 0.2) is 0 Å². The number of nitrogens with zero attached hydrogens (tertiary/aromatic N) is 1. The number of carbonyl (C=O) groups is 1. The van der Waals surface area contributed by atoms with Crippen molar-refractivity contribution in [3.8, 4) is 11.8 Å². The van der Waals surface area contributed by atoms with Crippen LogP contribution in [0.2, 0.25) is 0 Å². The molecule has 1 aromatic heterocycles. The van der Waals surface area contributed by atoms with E-state index in [0.29, 0.717) is 24.0 Å². The molecule has 21 heavy (non-hydrogen) atoms. The molecule has 112 valence electrons. The number of rotatable bonds is 4. The van der Waals surface area contributed by atoms with Gasteiger partial charge in [0, 0.05) is 24.7 Å². The summed E-state index contributed by atoms with van der Waals surface area (Å²) in [5.74, 6) is 6.89. The summed E-state index contributed by atoms with van der Waals surface area (Å²) >= 11 is 0. The van der Waals surface area contributed by atoms with Gasteiger partial charge in [-0.3, -0.25) is 4.79 Å². The minimum Gasteiger partial charge on any atom is -0.395 e. The second-order valence-electron chi connectivity index (χ2n) is 5.59. The van der Waals surface area contributed by atoms with Crippen LogP contribution in [0.15, 0.2) is 18.3 Å². The third kappa shape index (κ3) is 4.57. The second-order valence-corrected chi connectivity index (χ2v) is 5.59. The molecule has 1 heterocycles. The summed E-state index contributed by atoms with van der Waals surface area (Å²) in [5.41, 5.74) is 1.18. The monoisotopic (exact) mass is 286 g/mol. The fourth-order valence-corrected chi connectivity index (χ4v) is 2.66. The minimum atomic E-state index is -0.121. The Morgan fingerprint density at radius 1 is 1.48 bits per heavy atom. The molecule has 2 rings (SSSR count). The van der Waals surface area contributed by atoms with E-state index in [1.807, 2.05) is 0 Å². The molecule has 0 radical (unpaired) electrons. The van der Waals surface area contributed by atoms with Crippen molar-refractivity contribution in [1.29, 1.82) is 0 Å². The molecule has 2 unspecified atom stereocenters. The van der Waals surface area contributed by atoms with Crippen molar-refractivity contribution in [3.63, 3.8) is 0 Å². The molecule has 0 saturated heterocycles. The van der Waals surface area contributed by atoms with Gasteiger partial charge in [-0.05, 0) is 30.4 Å². The lowest BCUT2D eigenvalue weighted by Gasteiger charge is -2.15. The zero-order valence-corrected chi connectivity index (χ0v) is 12.4. The average Bonchev–Trinajstić information content (AvgIpc) is 2.91. The maximum atomic E-state index is 12.0. The lowest BCUT2D eigenvalue weighted by atomic mass is 9.98. The molecule has 2 N–H and O–H groups in total. The topological polar surface area (TPSA) is 62.2 Å². The highest BCUT2D eigenvalue weighted by molar-refractivity contribution is 5.92. The van der Waals surface area contributed by atoms with Crippen molar-refractivity contribution in [2.45, 2.75) is 32.6 Å². The lowest BCUT2D eigenvalue weighted by molar-refractivity contribution is 0.0939. The standard InChI is InChI=1S/C17H22N2O2/c1-13-5-4-7-15(13)12-19-17(21)16-9-8-14(11-18-16)6-2-3-10-20/h8-9,11,13,15,20H,3-5,7,10,12H2,1H3,(H,19,21). The molecule has 0 aromatic carbocycles. The Morgan fingerprint density at radius 3 is 2.95 bits per heavy atom. The first kappa shape index (κ1) is 15.5. The zero-order chi connectivity index (χ0) is 15.1. The van der Waals surface area contributed by atoms with Crippen molar-refractivity contribution < 1.29 is 9.90 Å². The van der Waals surface area contributed by atoms with E-state index in [1.165, 1.54) is 19.3 Å². The van der Waals surface area contributed by atoms with E-state index in [1.54, 1.807) is 18.3 Å². The smallest absolute Gasteiger partial charge is 0.269 e. The van der Waals surface area contributed by atoms with E-state index in [-0.39, 0.29) is 12.5 Å². The number of carbonyl (C=O) groups excluding carboxylic acids is 1. The number of amides is 1. The Balaban J connectivity index is 1.86. The maximum absolute atomic E-state index is 12.0. The number of aromatic nitrogens is 1. The molecule has 1 aliphatic carbocycles. The van der Waals surface area contributed by atoms with Crippen LogP contribution in [0.5, 0.6) is 0 Å². The van der Waals surface area contributed by atoms with Crippen LogP contribution in [-0.4, -0.2) is 29.1 Å². The van der Waals surface area contributed by atoms with Crippen LogP contribution in [0.3, 0.4) is 0 Å².